The summed E-state index contributed by atoms with van der Waals surface area (Å²) in [6, 6.07) is 19.8. The number of aromatic nitrogens is 1. The van der Waals surface area contributed by atoms with E-state index in [9.17, 15) is 4.79 Å². The van der Waals surface area contributed by atoms with E-state index in [-0.39, 0.29) is 18.0 Å². The molecule has 2 atom stereocenters. The van der Waals surface area contributed by atoms with Crippen LogP contribution in [0.5, 0.6) is 5.75 Å². The van der Waals surface area contributed by atoms with Crippen LogP contribution in [0.4, 0.5) is 11.4 Å². The van der Waals surface area contributed by atoms with Crippen LogP contribution in [0, 0.1) is 5.41 Å². The van der Waals surface area contributed by atoms with Crippen molar-refractivity contribution in [1.29, 1.82) is 0 Å². The van der Waals surface area contributed by atoms with Gasteiger partial charge in [0.15, 0.2) is 5.11 Å². The monoisotopic (exact) mass is 594 g/mol. The molecule has 206 valence electrons. The Morgan fingerprint density at radius 1 is 1.07 bits per heavy atom. The number of benzene rings is 2. The van der Waals surface area contributed by atoms with Gasteiger partial charge in [0, 0.05) is 28.9 Å². The summed E-state index contributed by atoms with van der Waals surface area (Å²) < 4.78 is 12.1. The first-order valence-electron chi connectivity index (χ1n) is 12.6. The summed E-state index contributed by atoms with van der Waals surface area (Å²) in [7, 11) is 1.57. The van der Waals surface area contributed by atoms with Crippen molar-refractivity contribution in [3.8, 4) is 17.1 Å². The Kier molecular flexibility index (Phi) is 7.77. The fourth-order valence-electron chi connectivity index (χ4n) is 4.48. The van der Waals surface area contributed by atoms with E-state index in [0.29, 0.717) is 38.1 Å². The predicted molar refractivity (Wildman–Crippen MR) is 163 cm³/mol. The van der Waals surface area contributed by atoms with Gasteiger partial charge in [0.25, 0.3) is 0 Å². The van der Waals surface area contributed by atoms with Crippen LogP contribution >= 0.6 is 35.4 Å². The minimum Gasteiger partial charge on any atom is -0.494 e. The summed E-state index contributed by atoms with van der Waals surface area (Å²) in [5.74, 6) is 1.71. The number of amides is 1. The van der Waals surface area contributed by atoms with Gasteiger partial charge in [0.05, 0.1) is 34.6 Å². The molecule has 1 amide bonds. The minimum atomic E-state index is -0.559. The van der Waals surface area contributed by atoms with E-state index >= 15 is 0 Å². The lowest BCUT2D eigenvalue weighted by Crippen LogP contribution is -2.30. The van der Waals surface area contributed by atoms with Crippen molar-refractivity contribution in [2.75, 3.05) is 17.3 Å². The maximum absolute atomic E-state index is 12.6. The number of hydrogen-bond donors (Lipinski definition) is 2. The Bertz CT molecular complexity index is 1570. The van der Waals surface area contributed by atoms with Crippen LogP contribution in [-0.2, 0) is 4.79 Å². The number of carbonyl (C=O) groups excluding carboxylic acids is 1. The van der Waals surface area contributed by atoms with Crippen LogP contribution in [0.15, 0.2) is 77.3 Å². The number of nitrogens with one attached hydrogen (secondary N) is 2. The minimum absolute atomic E-state index is 0.115. The summed E-state index contributed by atoms with van der Waals surface area (Å²) in [6.07, 6.45) is 1.75. The third kappa shape index (κ3) is 5.52. The van der Waals surface area contributed by atoms with E-state index < -0.39 is 5.41 Å². The van der Waals surface area contributed by atoms with Gasteiger partial charge in [-0.15, -0.1) is 0 Å². The van der Waals surface area contributed by atoms with E-state index in [2.05, 4.69) is 15.6 Å². The smallest absolute Gasteiger partial charge is 0.229 e. The van der Waals surface area contributed by atoms with Crippen molar-refractivity contribution >= 4 is 57.8 Å². The highest BCUT2D eigenvalue weighted by Gasteiger charge is 2.43. The van der Waals surface area contributed by atoms with Gasteiger partial charge in [-0.3, -0.25) is 9.78 Å². The molecule has 40 heavy (non-hydrogen) atoms. The van der Waals surface area contributed by atoms with Crippen LogP contribution in [-0.4, -0.2) is 23.1 Å². The van der Waals surface area contributed by atoms with Gasteiger partial charge in [-0.25, -0.2) is 0 Å². The molecule has 1 aliphatic rings. The van der Waals surface area contributed by atoms with Crippen molar-refractivity contribution < 1.29 is 13.9 Å². The third-order valence-corrected chi connectivity index (χ3v) is 7.67. The van der Waals surface area contributed by atoms with Crippen molar-refractivity contribution in [3.05, 3.63) is 94.4 Å². The van der Waals surface area contributed by atoms with Crippen molar-refractivity contribution in [2.45, 2.75) is 32.9 Å². The highest BCUT2D eigenvalue weighted by Crippen LogP contribution is 2.44. The number of carbonyl (C=O) groups is 1. The van der Waals surface area contributed by atoms with Crippen LogP contribution < -0.4 is 20.3 Å². The summed E-state index contributed by atoms with van der Waals surface area (Å²) in [5, 5.41) is 7.80. The van der Waals surface area contributed by atoms with Gasteiger partial charge in [0.1, 0.15) is 23.3 Å². The molecule has 1 saturated heterocycles. The zero-order valence-corrected chi connectivity index (χ0v) is 24.7. The second-order valence-corrected chi connectivity index (χ2v) is 11.6. The quantitative estimate of drug-likeness (QED) is 0.220. The number of thiocarbonyl (C=S) groups is 1. The molecule has 0 aliphatic carbocycles. The summed E-state index contributed by atoms with van der Waals surface area (Å²) >= 11 is 18.2. The van der Waals surface area contributed by atoms with Gasteiger partial charge >= 0.3 is 0 Å². The van der Waals surface area contributed by atoms with Crippen molar-refractivity contribution in [3.63, 3.8) is 0 Å². The van der Waals surface area contributed by atoms with Crippen LogP contribution in [0.2, 0.25) is 10.0 Å². The first-order chi connectivity index (χ1) is 19.1. The van der Waals surface area contributed by atoms with E-state index in [1.165, 1.54) is 0 Å². The third-order valence-electron chi connectivity index (χ3n) is 6.61. The number of ether oxygens (including phenoxy) is 1. The average Bonchev–Trinajstić information content (AvgIpc) is 3.55. The molecule has 2 aromatic carbocycles. The van der Waals surface area contributed by atoms with Crippen molar-refractivity contribution in [1.82, 2.24) is 10.3 Å². The Labute approximate surface area is 248 Å². The van der Waals surface area contributed by atoms with Gasteiger partial charge in [-0.1, -0.05) is 50.0 Å². The fraction of sp³-hybridized carbons (Fsp3) is 0.233. The lowest BCUT2D eigenvalue weighted by molar-refractivity contribution is -0.123. The maximum atomic E-state index is 12.6. The standard InChI is InChI=1S/C30H28Cl2N4O3S/c1-30(2,3)28(37)34-21-11-9-18(16-25(21)38-4)36-27(26(35-29(36)40)22-7-5-6-14-33-22)24-13-12-23(39-24)17-8-10-19(31)20(32)15-17/h5-16,26-27H,1-4H3,(H,34,37)(H,35,40)/t26-,27+/m1/s1. The number of methoxy groups -OCH3 is 1. The molecular weight excluding hydrogens is 567 g/mol. The van der Waals surface area contributed by atoms with E-state index in [1.807, 2.05) is 80.3 Å². The molecule has 0 unspecified atom stereocenters. The second kappa shape index (κ2) is 11.1. The molecule has 1 aliphatic heterocycles. The molecular formula is C30H28Cl2N4O3S. The van der Waals surface area contributed by atoms with Crippen molar-refractivity contribution in [2.24, 2.45) is 5.41 Å². The van der Waals surface area contributed by atoms with Crippen LogP contribution in [0.3, 0.4) is 0 Å². The molecule has 0 spiro atoms. The Morgan fingerprint density at radius 3 is 2.55 bits per heavy atom. The van der Waals surface area contributed by atoms with Gasteiger partial charge < -0.3 is 24.7 Å². The lowest BCUT2D eigenvalue weighted by atomic mass is 9.95. The van der Waals surface area contributed by atoms with Crippen LogP contribution in [0.25, 0.3) is 11.3 Å². The molecule has 1 fully saturated rings. The van der Waals surface area contributed by atoms with E-state index in [4.69, 9.17) is 44.6 Å². The average molecular weight is 596 g/mol. The maximum Gasteiger partial charge on any atom is 0.229 e. The van der Waals surface area contributed by atoms with E-state index in [0.717, 1.165) is 16.9 Å². The number of anilines is 2. The topological polar surface area (TPSA) is 79.6 Å². The van der Waals surface area contributed by atoms with Crippen LogP contribution in [0.1, 0.15) is 44.3 Å². The molecule has 10 heteroatoms. The number of rotatable bonds is 6. The molecule has 2 N–H and O–H groups in total. The molecule has 4 aromatic rings. The normalized spacial score (nSPS) is 17.1. The number of nitrogens with zero attached hydrogens (tertiary/aromatic N) is 2. The van der Waals surface area contributed by atoms with Gasteiger partial charge in [-0.05, 0) is 66.8 Å². The first kappa shape index (κ1) is 28.0. The number of furan rings is 1. The molecule has 3 heterocycles. The zero-order chi connectivity index (χ0) is 28.6. The van der Waals surface area contributed by atoms with Gasteiger partial charge in [0.2, 0.25) is 5.91 Å². The summed E-state index contributed by atoms with van der Waals surface area (Å²) in [4.78, 5) is 19.2. The Morgan fingerprint density at radius 2 is 1.88 bits per heavy atom. The molecule has 0 saturated carbocycles. The SMILES string of the molecule is COc1cc(N2C(=S)N[C@H](c3ccccn3)[C@@H]2c2ccc(-c3ccc(Cl)c(Cl)c3)o2)ccc1NC(=O)C(C)(C)C. The zero-order valence-electron chi connectivity index (χ0n) is 22.4. The molecule has 7 nitrogen and oxygen atoms in total. The van der Waals surface area contributed by atoms with Gasteiger partial charge in [-0.2, -0.15) is 0 Å². The first-order valence-corrected chi connectivity index (χ1v) is 13.8. The predicted octanol–water partition coefficient (Wildman–Crippen LogP) is 7.82. The second-order valence-electron chi connectivity index (χ2n) is 10.4. The highest BCUT2D eigenvalue weighted by atomic mass is 35.5. The largest absolute Gasteiger partial charge is 0.494 e. The Hall–Kier alpha value is -3.59. The summed E-state index contributed by atoms with van der Waals surface area (Å²) in [5.41, 5.74) is 2.39. The van der Waals surface area contributed by atoms with E-state index in [1.54, 1.807) is 25.4 Å². The highest BCUT2D eigenvalue weighted by molar-refractivity contribution is 7.80. The number of pyridine rings is 1. The lowest BCUT2D eigenvalue weighted by Gasteiger charge is -2.27. The molecule has 2 aromatic heterocycles. The fourth-order valence-corrected chi connectivity index (χ4v) is 5.13. The Balaban J connectivity index is 1.56. The number of hydrogen-bond acceptors (Lipinski definition) is 5. The molecule has 0 bridgehead atoms. The molecule has 5 rings (SSSR count). The number of halogens is 2. The molecule has 0 radical (unpaired) electrons. The summed E-state index contributed by atoms with van der Waals surface area (Å²) in [6.45, 7) is 5.57.